The number of carboxylic acid groups (broad SMARTS) is 1. The van der Waals surface area contributed by atoms with Crippen molar-refractivity contribution in [2.24, 2.45) is 5.92 Å². The smallest absolute Gasteiger partial charge is 0.408 e. The highest BCUT2D eigenvalue weighted by molar-refractivity contribution is 5.95. The summed E-state index contributed by atoms with van der Waals surface area (Å²) >= 11 is 0. The molecule has 1 amide bonds. The maximum atomic E-state index is 12.7. The van der Waals surface area contributed by atoms with Crippen molar-refractivity contribution in [2.75, 3.05) is 19.8 Å². The molecule has 2 saturated heterocycles. The van der Waals surface area contributed by atoms with Crippen LogP contribution in [0.5, 0.6) is 0 Å². The van der Waals surface area contributed by atoms with E-state index < -0.39 is 23.3 Å². The maximum absolute atomic E-state index is 12.7. The van der Waals surface area contributed by atoms with Crippen LogP contribution in [-0.4, -0.2) is 58.9 Å². The SMILES string of the molecule is CC(C)(C)N(C(=O)O)[C@@H](C[C@@H]1CCOC1)C(=O)[C@@]1(C)CO1. The van der Waals surface area contributed by atoms with Crippen LogP contribution in [0.25, 0.3) is 0 Å². The molecule has 0 spiro atoms. The lowest BCUT2D eigenvalue weighted by Crippen LogP contribution is -2.57. The third kappa shape index (κ3) is 3.55. The lowest BCUT2D eigenvalue weighted by molar-refractivity contribution is -0.130. The van der Waals surface area contributed by atoms with E-state index in [9.17, 15) is 14.7 Å². The predicted molar refractivity (Wildman–Crippen MR) is 76.3 cm³/mol. The Morgan fingerprint density at radius 2 is 2.05 bits per heavy atom. The average molecular weight is 299 g/mol. The molecule has 0 saturated carbocycles. The topological polar surface area (TPSA) is 79.4 Å². The number of hydrogen-bond donors (Lipinski definition) is 1. The summed E-state index contributed by atoms with van der Waals surface area (Å²) in [5.41, 5.74) is -1.46. The van der Waals surface area contributed by atoms with Crippen LogP contribution in [0.15, 0.2) is 0 Å². The number of epoxide rings is 1. The fourth-order valence-corrected chi connectivity index (χ4v) is 2.91. The largest absolute Gasteiger partial charge is 0.465 e. The van der Waals surface area contributed by atoms with Gasteiger partial charge in [0, 0.05) is 18.8 Å². The first-order chi connectivity index (χ1) is 9.65. The van der Waals surface area contributed by atoms with E-state index in [-0.39, 0.29) is 11.7 Å². The van der Waals surface area contributed by atoms with Crippen molar-refractivity contribution in [3.8, 4) is 0 Å². The summed E-state index contributed by atoms with van der Waals surface area (Å²) in [6.07, 6.45) is 0.310. The molecule has 2 aliphatic rings. The van der Waals surface area contributed by atoms with Crippen molar-refractivity contribution in [1.29, 1.82) is 0 Å². The van der Waals surface area contributed by atoms with E-state index in [0.29, 0.717) is 26.2 Å². The zero-order chi connectivity index (χ0) is 15.8. The molecule has 0 bridgehead atoms. The first-order valence-corrected chi connectivity index (χ1v) is 7.43. The first-order valence-electron chi connectivity index (χ1n) is 7.43. The van der Waals surface area contributed by atoms with E-state index in [4.69, 9.17) is 9.47 Å². The van der Waals surface area contributed by atoms with Gasteiger partial charge in [0.15, 0.2) is 5.78 Å². The molecule has 21 heavy (non-hydrogen) atoms. The average Bonchev–Trinajstić information content (AvgIpc) is 2.88. The normalized spacial score (nSPS) is 30.0. The molecule has 2 rings (SSSR count). The van der Waals surface area contributed by atoms with Gasteiger partial charge in [0.2, 0.25) is 0 Å². The Bertz CT molecular complexity index is 418. The highest BCUT2D eigenvalue weighted by Crippen LogP contribution is 2.34. The third-order valence-corrected chi connectivity index (χ3v) is 4.22. The second-order valence-electron chi connectivity index (χ2n) is 7.19. The molecule has 2 aliphatic heterocycles. The number of carbonyl (C=O) groups excluding carboxylic acids is 1. The molecular formula is C15H25NO5. The van der Waals surface area contributed by atoms with Crippen LogP contribution >= 0.6 is 0 Å². The van der Waals surface area contributed by atoms with Crippen LogP contribution in [-0.2, 0) is 14.3 Å². The van der Waals surface area contributed by atoms with Gasteiger partial charge in [0.1, 0.15) is 5.60 Å². The number of hydrogen-bond acceptors (Lipinski definition) is 4. The van der Waals surface area contributed by atoms with Gasteiger partial charge in [-0.2, -0.15) is 0 Å². The van der Waals surface area contributed by atoms with Gasteiger partial charge in [0.05, 0.1) is 12.6 Å². The zero-order valence-corrected chi connectivity index (χ0v) is 13.2. The van der Waals surface area contributed by atoms with E-state index in [1.807, 2.05) is 20.8 Å². The molecule has 0 aromatic heterocycles. The molecule has 0 aromatic carbocycles. The molecule has 1 N–H and O–H groups in total. The highest BCUT2D eigenvalue weighted by atomic mass is 16.6. The van der Waals surface area contributed by atoms with Crippen LogP contribution in [0.3, 0.4) is 0 Å². The van der Waals surface area contributed by atoms with Gasteiger partial charge in [-0.25, -0.2) is 4.79 Å². The minimum atomic E-state index is -1.07. The van der Waals surface area contributed by atoms with Crippen molar-refractivity contribution in [3.63, 3.8) is 0 Å². The number of ketones is 1. The van der Waals surface area contributed by atoms with Crippen molar-refractivity contribution >= 4 is 11.9 Å². The van der Waals surface area contributed by atoms with Crippen LogP contribution in [0.2, 0.25) is 0 Å². The molecule has 0 aromatic rings. The molecule has 6 nitrogen and oxygen atoms in total. The number of amides is 1. The van der Waals surface area contributed by atoms with E-state index in [1.54, 1.807) is 6.92 Å². The Morgan fingerprint density at radius 1 is 1.43 bits per heavy atom. The first kappa shape index (κ1) is 16.2. The van der Waals surface area contributed by atoms with E-state index >= 15 is 0 Å². The highest BCUT2D eigenvalue weighted by Gasteiger charge is 2.53. The van der Waals surface area contributed by atoms with Gasteiger partial charge in [-0.1, -0.05) is 0 Å². The molecule has 6 heteroatoms. The van der Waals surface area contributed by atoms with Crippen molar-refractivity contribution in [2.45, 2.75) is 57.7 Å². The lowest BCUT2D eigenvalue weighted by Gasteiger charge is -2.40. The van der Waals surface area contributed by atoms with E-state index in [1.165, 1.54) is 4.90 Å². The summed E-state index contributed by atoms with van der Waals surface area (Å²) in [5, 5.41) is 9.59. The van der Waals surface area contributed by atoms with E-state index in [2.05, 4.69) is 0 Å². The number of carbonyl (C=O) groups is 2. The summed E-state index contributed by atoms with van der Waals surface area (Å²) in [7, 11) is 0. The summed E-state index contributed by atoms with van der Waals surface area (Å²) < 4.78 is 10.6. The van der Waals surface area contributed by atoms with Crippen LogP contribution in [0.4, 0.5) is 4.79 Å². The standard InChI is InChI=1S/C15H25NO5/c1-14(2,3)16(13(18)19)11(7-10-5-6-20-8-10)12(17)15(4)9-21-15/h10-11H,5-9H2,1-4H3,(H,18,19)/t10-,11-,15+/m0/s1. The minimum Gasteiger partial charge on any atom is -0.465 e. The van der Waals surface area contributed by atoms with Crippen LogP contribution < -0.4 is 0 Å². The van der Waals surface area contributed by atoms with Gasteiger partial charge in [-0.3, -0.25) is 9.69 Å². The molecule has 2 fully saturated rings. The number of rotatable bonds is 5. The summed E-state index contributed by atoms with van der Waals surface area (Å²) in [6, 6.07) is -0.679. The fourth-order valence-electron chi connectivity index (χ4n) is 2.91. The molecule has 0 aliphatic carbocycles. The molecule has 0 unspecified atom stereocenters. The summed E-state index contributed by atoms with van der Waals surface area (Å²) in [5.74, 6) is 0.0947. The Balaban J connectivity index is 2.24. The molecule has 2 heterocycles. The predicted octanol–water partition coefficient (Wildman–Crippen LogP) is 1.92. The van der Waals surface area contributed by atoms with Crippen LogP contribution in [0.1, 0.15) is 40.5 Å². The van der Waals surface area contributed by atoms with Crippen molar-refractivity contribution < 1.29 is 24.2 Å². The van der Waals surface area contributed by atoms with Gasteiger partial charge in [-0.05, 0) is 46.5 Å². The number of Topliss-reactive ketones (excluding diaryl/α,β-unsaturated/α-hetero) is 1. The molecular weight excluding hydrogens is 274 g/mol. The molecule has 0 radical (unpaired) electrons. The van der Waals surface area contributed by atoms with Crippen molar-refractivity contribution in [3.05, 3.63) is 0 Å². The number of ether oxygens (including phenoxy) is 2. The second kappa shape index (κ2) is 5.57. The third-order valence-electron chi connectivity index (χ3n) is 4.22. The summed E-state index contributed by atoms with van der Waals surface area (Å²) in [6.45, 7) is 8.81. The quantitative estimate of drug-likeness (QED) is 0.785. The van der Waals surface area contributed by atoms with E-state index in [0.717, 1.165) is 6.42 Å². The van der Waals surface area contributed by atoms with Gasteiger partial charge >= 0.3 is 6.09 Å². The summed E-state index contributed by atoms with van der Waals surface area (Å²) in [4.78, 5) is 25.7. The Hall–Kier alpha value is -1.14. The number of nitrogens with zero attached hydrogens (tertiary/aromatic N) is 1. The maximum Gasteiger partial charge on any atom is 0.408 e. The Labute approximate surface area is 125 Å². The fraction of sp³-hybridized carbons (Fsp3) is 0.867. The minimum absolute atomic E-state index is 0.133. The van der Waals surface area contributed by atoms with Gasteiger partial charge in [0.25, 0.3) is 0 Å². The monoisotopic (exact) mass is 299 g/mol. The second-order valence-corrected chi connectivity index (χ2v) is 7.19. The Kier molecular flexibility index (Phi) is 4.31. The van der Waals surface area contributed by atoms with Gasteiger partial charge < -0.3 is 14.6 Å². The molecule has 120 valence electrons. The van der Waals surface area contributed by atoms with Gasteiger partial charge in [-0.15, -0.1) is 0 Å². The van der Waals surface area contributed by atoms with Crippen molar-refractivity contribution in [1.82, 2.24) is 4.90 Å². The zero-order valence-electron chi connectivity index (χ0n) is 13.2. The molecule has 3 atom stereocenters. The lowest BCUT2D eigenvalue weighted by atomic mass is 9.88. The Morgan fingerprint density at radius 3 is 2.43 bits per heavy atom. The van der Waals surface area contributed by atoms with Crippen LogP contribution in [0, 0.1) is 5.92 Å².